The van der Waals surface area contributed by atoms with Gasteiger partial charge in [-0.05, 0) is 43.4 Å². The Morgan fingerprint density at radius 1 is 1.36 bits per heavy atom. The fraction of sp³-hybridized carbons (Fsp3) is 0.588. The van der Waals surface area contributed by atoms with Crippen LogP contribution in [0.1, 0.15) is 43.5 Å². The number of sulfonamides is 1. The third kappa shape index (κ3) is 5.42. The molecule has 2 rings (SSSR count). The van der Waals surface area contributed by atoms with Crippen LogP contribution in [0.3, 0.4) is 0 Å². The van der Waals surface area contributed by atoms with Gasteiger partial charge >= 0.3 is 0 Å². The molecule has 25 heavy (non-hydrogen) atoms. The number of benzene rings is 1. The van der Waals surface area contributed by atoms with Crippen LogP contribution in [0, 0.1) is 5.92 Å². The zero-order chi connectivity index (χ0) is 18.6. The molecule has 0 spiro atoms. The van der Waals surface area contributed by atoms with Gasteiger partial charge in [-0.2, -0.15) is 0 Å². The zero-order valence-electron chi connectivity index (χ0n) is 14.9. The van der Waals surface area contributed by atoms with Crippen LogP contribution in [0.5, 0.6) is 5.75 Å². The second kappa shape index (κ2) is 8.16. The van der Waals surface area contributed by atoms with Gasteiger partial charge in [-0.25, -0.2) is 13.1 Å². The van der Waals surface area contributed by atoms with Crippen molar-refractivity contribution in [3.63, 3.8) is 0 Å². The van der Waals surface area contributed by atoms with E-state index < -0.39 is 10.0 Å². The van der Waals surface area contributed by atoms with Gasteiger partial charge in [0.15, 0.2) is 0 Å². The molecule has 1 atom stereocenters. The maximum Gasteiger partial charge on any atom is 0.251 e. The number of hydrogen-bond donors (Lipinski definition) is 3. The molecule has 1 unspecified atom stereocenters. The van der Waals surface area contributed by atoms with Crippen LogP contribution in [0.4, 0.5) is 0 Å². The molecule has 8 heteroatoms. The number of hydrogen-bond acceptors (Lipinski definition) is 5. The number of methoxy groups -OCH3 is 1. The van der Waals surface area contributed by atoms with E-state index in [2.05, 4.69) is 23.9 Å². The first kappa shape index (κ1) is 19.7. The predicted octanol–water partition coefficient (Wildman–Crippen LogP) is 1.24. The lowest BCUT2D eigenvalue weighted by Gasteiger charge is -2.19. The molecule has 0 bridgehead atoms. The Kier molecular flexibility index (Phi) is 6.42. The molecule has 0 heterocycles. The fourth-order valence-corrected chi connectivity index (χ4v) is 4.06. The Hall–Kier alpha value is -1.64. The first-order chi connectivity index (χ1) is 11.8. The van der Waals surface area contributed by atoms with Crippen molar-refractivity contribution in [2.24, 2.45) is 11.7 Å². The van der Waals surface area contributed by atoms with Crippen molar-refractivity contribution in [2.45, 2.75) is 50.1 Å². The van der Waals surface area contributed by atoms with Gasteiger partial charge in [-0.3, -0.25) is 4.79 Å². The van der Waals surface area contributed by atoms with E-state index in [9.17, 15) is 13.2 Å². The SMILES string of the molecule is COc1ccc(C(=O)NC(CN)CC(C)C)cc1S(=O)(=O)NC1CC1. The molecule has 1 saturated carbocycles. The fourth-order valence-electron chi connectivity index (χ4n) is 2.56. The summed E-state index contributed by atoms with van der Waals surface area (Å²) in [6.45, 7) is 4.43. The highest BCUT2D eigenvalue weighted by molar-refractivity contribution is 7.89. The van der Waals surface area contributed by atoms with Crippen LogP contribution < -0.4 is 20.5 Å². The maximum absolute atomic E-state index is 12.5. The Morgan fingerprint density at radius 2 is 2.04 bits per heavy atom. The van der Waals surface area contributed by atoms with Gasteiger partial charge in [-0.1, -0.05) is 13.8 Å². The number of ether oxygens (including phenoxy) is 1. The highest BCUT2D eigenvalue weighted by Gasteiger charge is 2.30. The van der Waals surface area contributed by atoms with Crippen LogP contribution in [0.15, 0.2) is 23.1 Å². The molecular formula is C17H27N3O4S. The van der Waals surface area contributed by atoms with Crippen molar-refractivity contribution in [3.8, 4) is 5.75 Å². The van der Waals surface area contributed by atoms with Crippen LogP contribution in [-0.4, -0.2) is 40.1 Å². The van der Waals surface area contributed by atoms with E-state index in [4.69, 9.17) is 10.5 Å². The minimum absolute atomic E-state index is 0.0253. The number of rotatable bonds is 9. The van der Waals surface area contributed by atoms with Crippen LogP contribution in [-0.2, 0) is 10.0 Å². The average Bonchev–Trinajstić information content (AvgIpc) is 3.36. The van der Waals surface area contributed by atoms with Gasteiger partial charge in [0, 0.05) is 24.2 Å². The van der Waals surface area contributed by atoms with Gasteiger partial charge in [-0.15, -0.1) is 0 Å². The third-order valence-electron chi connectivity index (χ3n) is 3.99. The maximum atomic E-state index is 12.5. The smallest absolute Gasteiger partial charge is 0.251 e. The highest BCUT2D eigenvalue weighted by Crippen LogP contribution is 2.28. The predicted molar refractivity (Wildman–Crippen MR) is 96.1 cm³/mol. The first-order valence-electron chi connectivity index (χ1n) is 8.48. The van der Waals surface area contributed by atoms with E-state index in [1.54, 1.807) is 6.07 Å². The number of carbonyl (C=O) groups is 1. The van der Waals surface area contributed by atoms with Gasteiger partial charge in [0.05, 0.1) is 7.11 Å². The molecule has 4 N–H and O–H groups in total. The molecule has 1 aliphatic carbocycles. The van der Waals surface area contributed by atoms with Crippen molar-refractivity contribution in [2.75, 3.05) is 13.7 Å². The standard InChI is InChI=1S/C17H27N3O4S/c1-11(2)8-14(10-18)19-17(21)12-4-7-15(24-3)16(9-12)25(22,23)20-13-5-6-13/h4,7,9,11,13-14,20H,5-6,8,10,18H2,1-3H3,(H,19,21). The summed E-state index contributed by atoms with van der Waals surface area (Å²) < 4.78 is 32.8. The number of amides is 1. The Labute approximate surface area is 149 Å². The Morgan fingerprint density at radius 3 is 2.56 bits per heavy atom. The van der Waals surface area contributed by atoms with Crippen molar-refractivity contribution in [1.29, 1.82) is 0 Å². The molecule has 0 radical (unpaired) electrons. The van der Waals surface area contributed by atoms with Gasteiger partial charge in [0.25, 0.3) is 5.91 Å². The molecule has 0 aliphatic heterocycles. The molecule has 7 nitrogen and oxygen atoms in total. The topological polar surface area (TPSA) is 111 Å². The average molecular weight is 369 g/mol. The van der Waals surface area contributed by atoms with Crippen molar-refractivity contribution in [1.82, 2.24) is 10.0 Å². The lowest BCUT2D eigenvalue weighted by molar-refractivity contribution is 0.0933. The molecular weight excluding hydrogens is 342 g/mol. The molecule has 1 aliphatic rings. The number of nitrogens with one attached hydrogen (secondary N) is 2. The van der Waals surface area contributed by atoms with E-state index in [1.807, 2.05) is 0 Å². The minimum atomic E-state index is -3.73. The molecule has 0 aromatic heterocycles. The molecule has 1 aromatic carbocycles. The van der Waals surface area contributed by atoms with E-state index in [0.29, 0.717) is 12.5 Å². The summed E-state index contributed by atoms with van der Waals surface area (Å²) in [5.41, 5.74) is 5.98. The highest BCUT2D eigenvalue weighted by atomic mass is 32.2. The third-order valence-corrected chi connectivity index (χ3v) is 5.53. The molecule has 1 fully saturated rings. The summed E-state index contributed by atoms with van der Waals surface area (Å²) in [7, 11) is -2.33. The van der Waals surface area contributed by atoms with Crippen LogP contribution >= 0.6 is 0 Å². The summed E-state index contributed by atoms with van der Waals surface area (Å²) in [5, 5.41) is 2.86. The second-order valence-electron chi connectivity index (χ2n) is 6.80. The van der Waals surface area contributed by atoms with E-state index in [-0.39, 0.29) is 34.2 Å². The van der Waals surface area contributed by atoms with Crippen molar-refractivity contribution in [3.05, 3.63) is 23.8 Å². The number of carbonyl (C=O) groups excluding carboxylic acids is 1. The lowest BCUT2D eigenvalue weighted by atomic mass is 10.0. The Balaban J connectivity index is 2.23. The molecule has 1 amide bonds. The lowest BCUT2D eigenvalue weighted by Crippen LogP contribution is -2.41. The molecule has 140 valence electrons. The van der Waals surface area contributed by atoms with E-state index in [1.165, 1.54) is 19.2 Å². The monoisotopic (exact) mass is 369 g/mol. The van der Waals surface area contributed by atoms with Gasteiger partial charge < -0.3 is 15.8 Å². The van der Waals surface area contributed by atoms with Crippen molar-refractivity contribution >= 4 is 15.9 Å². The summed E-state index contributed by atoms with van der Waals surface area (Å²) >= 11 is 0. The summed E-state index contributed by atoms with van der Waals surface area (Å²) in [4.78, 5) is 12.5. The van der Waals surface area contributed by atoms with Crippen molar-refractivity contribution < 1.29 is 17.9 Å². The normalized spacial score (nSPS) is 15.9. The number of nitrogens with two attached hydrogens (primary N) is 1. The molecule has 1 aromatic rings. The Bertz CT molecular complexity index is 715. The van der Waals surface area contributed by atoms with Gasteiger partial charge in [0.1, 0.15) is 10.6 Å². The minimum Gasteiger partial charge on any atom is -0.495 e. The second-order valence-corrected chi connectivity index (χ2v) is 8.48. The molecule has 0 saturated heterocycles. The quantitative estimate of drug-likeness (QED) is 0.606. The van der Waals surface area contributed by atoms with Crippen LogP contribution in [0.2, 0.25) is 0 Å². The van der Waals surface area contributed by atoms with E-state index in [0.717, 1.165) is 19.3 Å². The zero-order valence-corrected chi connectivity index (χ0v) is 15.7. The summed E-state index contributed by atoms with van der Waals surface area (Å²) in [6.07, 6.45) is 2.41. The summed E-state index contributed by atoms with van der Waals surface area (Å²) in [5.74, 6) is 0.257. The summed E-state index contributed by atoms with van der Waals surface area (Å²) in [6, 6.07) is 4.21. The largest absolute Gasteiger partial charge is 0.495 e. The van der Waals surface area contributed by atoms with E-state index >= 15 is 0 Å². The first-order valence-corrected chi connectivity index (χ1v) is 9.96. The van der Waals surface area contributed by atoms with Crippen LogP contribution in [0.25, 0.3) is 0 Å². The van der Waals surface area contributed by atoms with Gasteiger partial charge in [0.2, 0.25) is 10.0 Å².